The van der Waals surface area contributed by atoms with Crippen molar-refractivity contribution in [1.29, 1.82) is 5.26 Å². The van der Waals surface area contributed by atoms with E-state index in [1.165, 1.54) is 29.3 Å². The number of amides is 2. The molecule has 14 heteroatoms. The van der Waals surface area contributed by atoms with E-state index >= 15 is 14.0 Å². The molecule has 5 heterocycles. The SMILES string of the molecule is Cc1c(N(C(=O)c2cc(-c3cc4c(cc3C(=O)C3Cc5ccccc5C[C@H]3CN3CCC[C@@H]3C)CN(C(=O)Cc3ccc(OCCN5CCOCC5)cc3F)CC4)n(C)c2C)c2ccc(O)cc2)cc(C#N)n1C. The second-order valence-electron chi connectivity index (χ2n) is 20.8. The molecular weight excluding hydrogens is 934 g/mol. The van der Waals surface area contributed by atoms with E-state index in [1.54, 1.807) is 51.7 Å². The number of morpholine rings is 1. The standard InChI is InChI=1S/C60H66FN7O6/c1-38-9-8-19-66(38)37-46-27-41-10-6-7-11-42(41)28-52(46)59(71)54-30-45-36-67(58(70)31-44-12-17-50(33-55(44)61)74-26-23-65-21-24-73-25-22-65)20-18-43(45)29-53(54)57-34-51(39(2)64(57)5)60(72)68(47-13-15-49(69)16-14-47)56-32-48(35-62)63(4)40(56)3/h6-7,10-17,29-30,32-34,38,46,52,69H,8-9,18-28,31,36-37H2,1-5H3/t38-,46-,52?/m0/s1. The molecule has 74 heavy (non-hydrogen) atoms. The van der Waals surface area contributed by atoms with Crippen LogP contribution < -0.4 is 9.64 Å². The molecule has 2 amide bonds. The summed E-state index contributed by atoms with van der Waals surface area (Å²) in [7, 11) is 3.71. The highest BCUT2D eigenvalue weighted by atomic mass is 19.1. The van der Waals surface area contributed by atoms with Gasteiger partial charge in [-0.1, -0.05) is 30.3 Å². The van der Waals surface area contributed by atoms with Gasteiger partial charge in [0.2, 0.25) is 5.91 Å². The number of benzene rings is 4. The van der Waals surface area contributed by atoms with Crippen molar-refractivity contribution in [1.82, 2.24) is 23.8 Å². The number of anilines is 2. The molecule has 3 aliphatic heterocycles. The second kappa shape index (κ2) is 21.4. The van der Waals surface area contributed by atoms with Crippen LogP contribution in [0.15, 0.2) is 91.0 Å². The molecule has 2 aromatic heterocycles. The lowest BCUT2D eigenvalue weighted by molar-refractivity contribution is -0.131. The summed E-state index contributed by atoms with van der Waals surface area (Å²) in [5, 5.41) is 20.3. The van der Waals surface area contributed by atoms with Crippen molar-refractivity contribution >= 4 is 29.0 Å². The van der Waals surface area contributed by atoms with Crippen LogP contribution in [0.4, 0.5) is 15.8 Å². The van der Waals surface area contributed by atoms with Crippen LogP contribution in [0, 0.1) is 42.8 Å². The third kappa shape index (κ3) is 10.1. The molecular formula is C60H66FN7O6. The number of carbonyl (C=O) groups excluding carboxylic acids is 3. The fourth-order valence-corrected chi connectivity index (χ4v) is 11.7. The number of carbonyl (C=O) groups is 3. The number of nitrogens with zero attached hydrogens (tertiary/aromatic N) is 7. The first-order valence-corrected chi connectivity index (χ1v) is 26.1. The van der Waals surface area contributed by atoms with E-state index in [1.807, 2.05) is 43.7 Å². The van der Waals surface area contributed by atoms with Crippen LogP contribution in [0.3, 0.4) is 0 Å². The molecule has 4 aromatic carbocycles. The number of fused-ring (bicyclic) bond motifs is 2. The third-order valence-electron chi connectivity index (χ3n) is 16.4. The lowest BCUT2D eigenvalue weighted by Gasteiger charge is -2.36. The molecule has 0 saturated carbocycles. The van der Waals surface area contributed by atoms with Crippen LogP contribution >= 0.6 is 0 Å². The van der Waals surface area contributed by atoms with Gasteiger partial charge < -0.3 is 33.5 Å². The van der Waals surface area contributed by atoms with Crippen LogP contribution in [0.5, 0.6) is 11.5 Å². The highest BCUT2D eigenvalue weighted by Crippen LogP contribution is 2.41. The van der Waals surface area contributed by atoms with E-state index in [0.717, 1.165) is 68.7 Å². The van der Waals surface area contributed by atoms with Gasteiger partial charge in [0.25, 0.3) is 5.91 Å². The van der Waals surface area contributed by atoms with E-state index in [2.05, 4.69) is 47.1 Å². The number of aromatic nitrogens is 2. The molecule has 13 nitrogen and oxygen atoms in total. The maximum Gasteiger partial charge on any atom is 0.264 e. The lowest BCUT2D eigenvalue weighted by Crippen LogP contribution is -2.41. The molecule has 0 spiro atoms. The van der Waals surface area contributed by atoms with Crippen LogP contribution in [-0.4, -0.2) is 112 Å². The average molecular weight is 1000 g/mol. The summed E-state index contributed by atoms with van der Waals surface area (Å²) in [6.07, 6.45) is 4.07. The zero-order valence-electron chi connectivity index (χ0n) is 43.2. The molecule has 6 aromatic rings. The number of rotatable bonds is 14. The number of halogens is 1. The summed E-state index contributed by atoms with van der Waals surface area (Å²) in [4.78, 5) is 53.4. The van der Waals surface area contributed by atoms with Crippen LogP contribution in [0.1, 0.15) is 85.4 Å². The number of Topliss-reactive ketones (excluding diaryl/α,β-unsaturated/α-hetero) is 1. The molecule has 0 bridgehead atoms. The fourth-order valence-electron chi connectivity index (χ4n) is 11.7. The molecule has 3 atom stereocenters. The summed E-state index contributed by atoms with van der Waals surface area (Å²) < 4.78 is 30.7. The predicted molar refractivity (Wildman–Crippen MR) is 282 cm³/mol. The van der Waals surface area contributed by atoms with E-state index in [4.69, 9.17) is 9.47 Å². The van der Waals surface area contributed by atoms with Gasteiger partial charge in [-0.25, -0.2) is 4.39 Å². The second-order valence-corrected chi connectivity index (χ2v) is 20.8. The Morgan fingerprint density at radius 3 is 2.31 bits per heavy atom. The molecule has 1 unspecified atom stereocenters. The van der Waals surface area contributed by atoms with Crippen molar-refractivity contribution in [3.63, 3.8) is 0 Å². The number of hydrogen-bond acceptors (Lipinski definition) is 9. The monoisotopic (exact) mass is 1000 g/mol. The van der Waals surface area contributed by atoms with Crippen LogP contribution in [0.25, 0.3) is 11.3 Å². The maximum atomic E-state index is 15.9. The highest BCUT2D eigenvalue weighted by molar-refractivity contribution is 6.13. The Kier molecular flexibility index (Phi) is 14.6. The zero-order chi connectivity index (χ0) is 51.8. The smallest absolute Gasteiger partial charge is 0.264 e. The number of phenols is 1. The van der Waals surface area contributed by atoms with E-state index in [-0.39, 0.29) is 48.1 Å². The Balaban J connectivity index is 0.995. The number of nitriles is 1. The summed E-state index contributed by atoms with van der Waals surface area (Å²) in [6.45, 7) is 12.7. The van der Waals surface area contributed by atoms with E-state index in [0.29, 0.717) is 102 Å². The van der Waals surface area contributed by atoms with Gasteiger partial charge in [0.1, 0.15) is 35.7 Å². The Hall–Kier alpha value is -7.05. The molecule has 384 valence electrons. The van der Waals surface area contributed by atoms with Crippen molar-refractivity contribution in [2.75, 3.05) is 64.0 Å². The maximum absolute atomic E-state index is 15.9. The molecule has 0 radical (unpaired) electrons. The van der Waals surface area contributed by atoms with Gasteiger partial charge in [-0.05, 0) is 148 Å². The fraction of sp³-hybridized carbons (Fsp3) is 0.400. The molecule has 1 aliphatic carbocycles. The number of aromatic hydroxyl groups is 1. The van der Waals surface area contributed by atoms with Gasteiger partial charge >= 0.3 is 0 Å². The largest absolute Gasteiger partial charge is 0.508 e. The molecule has 2 fully saturated rings. The Bertz CT molecular complexity index is 3150. The Labute approximate surface area is 433 Å². The molecule has 1 N–H and O–H groups in total. The van der Waals surface area contributed by atoms with Gasteiger partial charge in [-0.2, -0.15) is 5.26 Å². The summed E-state index contributed by atoms with van der Waals surface area (Å²) in [5.74, 6) is -0.776. The highest BCUT2D eigenvalue weighted by Gasteiger charge is 2.39. The van der Waals surface area contributed by atoms with Gasteiger partial charge in [-0.15, -0.1) is 0 Å². The van der Waals surface area contributed by atoms with Gasteiger partial charge in [-0.3, -0.25) is 24.2 Å². The van der Waals surface area contributed by atoms with Crippen molar-refractivity contribution in [3.05, 3.63) is 153 Å². The summed E-state index contributed by atoms with van der Waals surface area (Å²) >= 11 is 0. The Morgan fingerprint density at radius 1 is 0.851 bits per heavy atom. The molecule has 2 saturated heterocycles. The van der Waals surface area contributed by atoms with Crippen molar-refractivity contribution < 1.29 is 33.4 Å². The van der Waals surface area contributed by atoms with Crippen molar-refractivity contribution in [2.24, 2.45) is 25.9 Å². The average Bonchev–Trinajstić information content (AvgIpc) is 4.05. The minimum Gasteiger partial charge on any atom is -0.508 e. The van der Waals surface area contributed by atoms with E-state index in [9.17, 15) is 15.2 Å². The van der Waals surface area contributed by atoms with Crippen LogP contribution in [0.2, 0.25) is 0 Å². The first-order chi connectivity index (χ1) is 35.8. The summed E-state index contributed by atoms with van der Waals surface area (Å²) in [6, 6.07) is 29.9. The normalized spacial score (nSPS) is 18.9. The van der Waals surface area contributed by atoms with Crippen LogP contribution in [-0.2, 0) is 55.9 Å². The minimum absolute atomic E-state index is 0.0355. The van der Waals surface area contributed by atoms with Crippen molar-refractivity contribution in [2.45, 2.75) is 71.9 Å². The molecule has 10 rings (SSSR count). The predicted octanol–water partition coefficient (Wildman–Crippen LogP) is 8.88. The number of likely N-dealkylation sites (tertiary alicyclic amines) is 1. The number of ketones is 1. The lowest BCUT2D eigenvalue weighted by atomic mass is 9.71. The molecule has 4 aliphatic rings. The quantitative estimate of drug-likeness (QED) is 0.106. The third-order valence-corrected chi connectivity index (χ3v) is 16.4. The zero-order valence-corrected chi connectivity index (χ0v) is 43.2. The van der Waals surface area contributed by atoms with E-state index < -0.39 is 5.82 Å². The number of phenolic OH excluding ortho intramolecular Hbond substituents is 1. The van der Waals surface area contributed by atoms with Gasteiger partial charge in [0.15, 0.2) is 5.78 Å². The number of hydrogen-bond donors (Lipinski definition) is 1. The minimum atomic E-state index is -0.489. The topological polar surface area (TPSA) is 137 Å². The first-order valence-electron chi connectivity index (χ1n) is 26.1. The number of ether oxygens (including phenoxy) is 2. The van der Waals surface area contributed by atoms with Crippen molar-refractivity contribution in [3.8, 4) is 28.8 Å². The van der Waals surface area contributed by atoms with Gasteiger partial charge in [0, 0.05) is 105 Å². The first kappa shape index (κ1) is 50.5. The van der Waals surface area contributed by atoms with Gasteiger partial charge in [0.05, 0.1) is 30.9 Å². The summed E-state index contributed by atoms with van der Waals surface area (Å²) in [5.41, 5.74) is 9.85. The Morgan fingerprint density at radius 2 is 1.61 bits per heavy atom.